The summed E-state index contributed by atoms with van der Waals surface area (Å²) in [6.07, 6.45) is 2.91. The molecule has 2 rings (SSSR count). The van der Waals surface area contributed by atoms with Gasteiger partial charge >= 0.3 is 0 Å². The van der Waals surface area contributed by atoms with Crippen LogP contribution in [0.5, 0.6) is 0 Å². The number of piperidine rings is 1. The summed E-state index contributed by atoms with van der Waals surface area (Å²) in [6, 6.07) is 4.06. The first-order valence-corrected chi connectivity index (χ1v) is 8.58. The maximum Gasteiger partial charge on any atom is 0.241 e. The van der Waals surface area contributed by atoms with Crippen molar-refractivity contribution in [2.75, 3.05) is 11.9 Å². The van der Waals surface area contributed by atoms with Gasteiger partial charge < -0.3 is 10.6 Å². The smallest absolute Gasteiger partial charge is 0.241 e. The van der Waals surface area contributed by atoms with Crippen LogP contribution in [-0.4, -0.2) is 26.9 Å². The molecule has 0 unspecified atom stereocenters. The van der Waals surface area contributed by atoms with Crippen molar-refractivity contribution in [3.8, 4) is 0 Å². The van der Waals surface area contributed by atoms with E-state index in [-0.39, 0.29) is 16.8 Å². The van der Waals surface area contributed by atoms with Gasteiger partial charge in [-0.2, -0.15) is 0 Å². The minimum absolute atomic E-state index is 0.00170. The van der Waals surface area contributed by atoms with Crippen molar-refractivity contribution < 1.29 is 13.2 Å². The standard InChI is InChI=1S/C12H16BrN3O3S/c13-9-7-8(20(14,18)19)4-5-10(9)16-12(17)11-3-1-2-6-15-11/h4-5,7,11,15H,1-3,6H2,(H,16,17)(H2,14,18,19)/t11-/m0/s1. The van der Waals surface area contributed by atoms with Crippen molar-refractivity contribution in [1.82, 2.24) is 5.32 Å². The number of nitrogens with one attached hydrogen (secondary N) is 2. The van der Waals surface area contributed by atoms with Crippen LogP contribution in [0.15, 0.2) is 27.6 Å². The zero-order valence-corrected chi connectivity index (χ0v) is 13.1. The summed E-state index contributed by atoms with van der Waals surface area (Å²) in [5.74, 6) is -0.117. The van der Waals surface area contributed by atoms with Crippen molar-refractivity contribution in [1.29, 1.82) is 0 Å². The maximum atomic E-state index is 12.1. The fraction of sp³-hybridized carbons (Fsp3) is 0.417. The quantitative estimate of drug-likeness (QED) is 0.752. The van der Waals surface area contributed by atoms with E-state index in [1.54, 1.807) is 0 Å². The molecule has 0 spiro atoms. The van der Waals surface area contributed by atoms with E-state index in [0.717, 1.165) is 25.8 Å². The van der Waals surface area contributed by atoms with Crippen LogP contribution in [0.2, 0.25) is 0 Å². The summed E-state index contributed by atoms with van der Waals surface area (Å²) >= 11 is 3.24. The lowest BCUT2D eigenvalue weighted by molar-refractivity contribution is -0.118. The Kier molecular flexibility index (Phi) is 4.79. The highest BCUT2D eigenvalue weighted by Gasteiger charge is 2.21. The van der Waals surface area contributed by atoms with E-state index in [0.29, 0.717) is 10.2 Å². The second-order valence-corrected chi connectivity index (χ2v) is 7.09. The number of carbonyl (C=O) groups is 1. The number of hydrogen-bond acceptors (Lipinski definition) is 4. The Bertz CT molecular complexity index is 612. The molecule has 110 valence electrons. The Hall–Kier alpha value is -0.960. The van der Waals surface area contributed by atoms with Gasteiger partial charge in [0.2, 0.25) is 15.9 Å². The van der Waals surface area contributed by atoms with Crippen molar-refractivity contribution in [2.45, 2.75) is 30.2 Å². The number of halogens is 1. The number of primary sulfonamides is 1. The lowest BCUT2D eigenvalue weighted by atomic mass is 10.0. The largest absolute Gasteiger partial charge is 0.324 e. The molecular formula is C12H16BrN3O3S. The van der Waals surface area contributed by atoms with Crippen LogP contribution in [0.25, 0.3) is 0 Å². The number of hydrogen-bond donors (Lipinski definition) is 3. The fourth-order valence-corrected chi connectivity index (χ4v) is 3.24. The Balaban J connectivity index is 2.11. The highest BCUT2D eigenvalue weighted by molar-refractivity contribution is 9.10. The van der Waals surface area contributed by atoms with E-state index in [4.69, 9.17) is 5.14 Å². The number of carbonyl (C=O) groups excluding carboxylic acids is 1. The Morgan fingerprint density at radius 3 is 2.70 bits per heavy atom. The molecule has 20 heavy (non-hydrogen) atoms. The number of anilines is 1. The van der Waals surface area contributed by atoms with Crippen LogP contribution in [0.3, 0.4) is 0 Å². The predicted octanol–water partition coefficient (Wildman–Crippen LogP) is 1.18. The molecule has 8 heteroatoms. The van der Waals surface area contributed by atoms with Crippen LogP contribution < -0.4 is 15.8 Å². The van der Waals surface area contributed by atoms with E-state index >= 15 is 0 Å². The van der Waals surface area contributed by atoms with Crippen LogP contribution in [0, 0.1) is 0 Å². The fourth-order valence-electron chi connectivity index (χ4n) is 2.07. The van der Waals surface area contributed by atoms with E-state index in [1.165, 1.54) is 18.2 Å². The molecule has 6 nitrogen and oxygen atoms in total. The monoisotopic (exact) mass is 361 g/mol. The van der Waals surface area contributed by atoms with Gasteiger partial charge in [0.15, 0.2) is 0 Å². The molecule has 0 radical (unpaired) electrons. The van der Waals surface area contributed by atoms with Crippen LogP contribution >= 0.6 is 15.9 Å². The first kappa shape index (κ1) is 15.4. The molecular weight excluding hydrogens is 346 g/mol. The van der Waals surface area contributed by atoms with Gasteiger partial charge in [-0.15, -0.1) is 0 Å². The summed E-state index contributed by atoms with van der Waals surface area (Å²) in [4.78, 5) is 12.1. The molecule has 1 heterocycles. The summed E-state index contributed by atoms with van der Waals surface area (Å²) in [5.41, 5.74) is 0.523. The minimum Gasteiger partial charge on any atom is -0.324 e. The Labute approximate surface area is 126 Å². The van der Waals surface area contributed by atoms with Gasteiger partial charge in [0.25, 0.3) is 0 Å². The molecule has 0 aliphatic carbocycles. The maximum absolute atomic E-state index is 12.1. The van der Waals surface area contributed by atoms with Gasteiger partial charge in [0.1, 0.15) is 0 Å². The lowest BCUT2D eigenvalue weighted by Gasteiger charge is -2.22. The molecule has 1 atom stereocenters. The van der Waals surface area contributed by atoms with E-state index in [2.05, 4.69) is 26.6 Å². The molecule has 1 aliphatic heterocycles. The third-order valence-electron chi connectivity index (χ3n) is 3.15. The van der Waals surface area contributed by atoms with E-state index < -0.39 is 10.0 Å². The first-order valence-electron chi connectivity index (χ1n) is 6.24. The summed E-state index contributed by atoms with van der Waals surface area (Å²) in [7, 11) is -3.75. The molecule has 4 N–H and O–H groups in total. The van der Waals surface area contributed by atoms with Gasteiger partial charge in [-0.05, 0) is 53.5 Å². The molecule has 1 amide bonds. The number of nitrogens with two attached hydrogens (primary N) is 1. The SMILES string of the molecule is NS(=O)(=O)c1ccc(NC(=O)[C@@H]2CCCCN2)c(Br)c1. The number of benzene rings is 1. The molecule has 1 aromatic rings. The highest BCUT2D eigenvalue weighted by atomic mass is 79.9. The van der Waals surface area contributed by atoms with Crippen molar-refractivity contribution in [2.24, 2.45) is 5.14 Å². The van der Waals surface area contributed by atoms with Gasteiger partial charge in [-0.3, -0.25) is 4.79 Å². The molecule has 0 bridgehead atoms. The van der Waals surface area contributed by atoms with Crippen LogP contribution in [0.4, 0.5) is 5.69 Å². The minimum atomic E-state index is -3.75. The molecule has 0 aromatic heterocycles. The van der Waals surface area contributed by atoms with Gasteiger partial charge in [0.05, 0.1) is 16.6 Å². The van der Waals surface area contributed by atoms with E-state index in [9.17, 15) is 13.2 Å². The predicted molar refractivity (Wildman–Crippen MR) is 79.8 cm³/mol. The average Bonchev–Trinajstić information content (AvgIpc) is 2.41. The zero-order valence-electron chi connectivity index (χ0n) is 10.7. The van der Waals surface area contributed by atoms with Crippen LogP contribution in [0.1, 0.15) is 19.3 Å². The lowest BCUT2D eigenvalue weighted by Crippen LogP contribution is -2.43. The third kappa shape index (κ3) is 3.78. The molecule has 1 fully saturated rings. The molecule has 1 saturated heterocycles. The topological polar surface area (TPSA) is 101 Å². The van der Waals surface area contributed by atoms with Crippen molar-refractivity contribution in [3.05, 3.63) is 22.7 Å². The van der Waals surface area contributed by atoms with Gasteiger partial charge in [-0.1, -0.05) is 6.42 Å². The molecule has 1 aromatic carbocycles. The number of amides is 1. The van der Waals surface area contributed by atoms with Crippen LogP contribution in [-0.2, 0) is 14.8 Å². The second kappa shape index (κ2) is 6.21. The summed E-state index contributed by atoms with van der Waals surface area (Å²) in [6.45, 7) is 0.837. The Morgan fingerprint density at radius 1 is 1.40 bits per heavy atom. The first-order chi connectivity index (χ1) is 9.38. The van der Waals surface area contributed by atoms with Crippen molar-refractivity contribution >= 4 is 37.5 Å². The Morgan fingerprint density at radius 2 is 2.15 bits per heavy atom. The molecule has 1 aliphatic rings. The normalized spacial score (nSPS) is 19.6. The van der Waals surface area contributed by atoms with Crippen molar-refractivity contribution in [3.63, 3.8) is 0 Å². The zero-order chi connectivity index (χ0) is 14.8. The van der Waals surface area contributed by atoms with Gasteiger partial charge in [-0.25, -0.2) is 13.6 Å². The third-order valence-corrected chi connectivity index (χ3v) is 4.72. The summed E-state index contributed by atoms with van der Waals surface area (Å²) in [5, 5.41) is 11.0. The number of sulfonamides is 1. The number of rotatable bonds is 3. The van der Waals surface area contributed by atoms with Gasteiger partial charge in [0, 0.05) is 4.47 Å². The van der Waals surface area contributed by atoms with E-state index in [1.807, 2.05) is 0 Å². The molecule has 0 saturated carbocycles. The summed E-state index contributed by atoms with van der Waals surface area (Å²) < 4.78 is 22.9. The highest BCUT2D eigenvalue weighted by Crippen LogP contribution is 2.25. The second-order valence-electron chi connectivity index (χ2n) is 4.68. The average molecular weight is 362 g/mol.